The molecule has 7 heteroatoms. The van der Waals surface area contributed by atoms with Gasteiger partial charge >= 0.3 is 0 Å². The van der Waals surface area contributed by atoms with Gasteiger partial charge < -0.3 is 16.0 Å². The number of amides is 1. The van der Waals surface area contributed by atoms with Crippen LogP contribution in [0.4, 0.5) is 27.5 Å². The molecule has 2 aromatic carbocycles. The van der Waals surface area contributed by atoms with Crippen molar-refractivity contribution in [2.75, 3.05) is 22.5 Å². The van der Waals surface area contributed by atoms with Gasteiger partial charge in [0.15, 0.2) is 0 Å². The Labute approximate surface area is 156 Å². The van der Waals surface area contributed by atoms with Crippen molar-refractivity contribution in [3.63, 3.8) is 0 Å². The summed E-state index contributed by atoms with van der Waals surface area (Å²) >= 11 is 0. The van der Waals surface area contributed by atoms with Crippen molar-refractivity contribution in [3.8, 4) is 0 Å². The Kier molecular flexibility index (Phi) is 5.61. The fraction of sp³-hybridized carbons (Fsp3) is 0.150. The second-order valence-corrected chi connectivity index (χ2v) is 5.88. The molecular weight excluding hydrogens is 345 g/mol. The number of hydrogen-bond acceptors (Lipinski definition) is 5. The normalized spacial score (nSPS) is 10.3. The Hall–Kier alpha value is -3.48. The Balaban J connectivity index is 1.69. The van der Waals surface area contributed by atoms with E-state index in [2.05, 4.69) is 25.9 Å². The molecule has 138 valence electrons. The van der Waals surface area contributed by atoms with Crippen LogP contribution in [-0.4, -0.2) is 22.4 Å². The number of carbonyl (C=O) groups is 1. The Morgan fingerprint density at radius 3 is 2.44 bits per heavy atom. The molecule has 0 aliphatic carbocycles. The third-order valence-electron chi connectivity index (χ3n) is 3.72. The third-order valence-corrected chi connectivity index (χ3v) is 3.72. The zero-order valence-corrected chi connectivity index (χ0v) is 15.1. The number of halogens is 1. The Bertz CT molecular complexity index is 943. The summed E-state index contributed by atoms with van der Waals surface area (Å²) in [5.41, 5.74) is 2.23. The maximum absolute atomic E-state index is 13.7. The minimum Gasteiger partial charge on any atom is -0.354 e. The molecule has 1 amide bonds. The number of hydrogen-bond donors (Lipinski definition) is 3. The van der Waals surface area contributed by atoms with E-state index in [-0.39, 0.29) is 5.56 Å². The molecule has 1 heterocycles. The van der Waals surface area contributed by atoms with Gasteiger partial charge in [0.1, 0.15) is 11.6 Å². The largest absolute Gasteiger partial charge is 0.354 e. The molecule has 0 saturated heterocycles. The highest BCUT2D eigenvalue weighted by atomic mass is 19.1. The summed E-state index contributed by atoms with van der Waals surface area (Å²) in [7, 11) is 0. The Morgan fingerprint density at radius 1 is 1.04 bits per heavy atom. The standard InChI is InChI=1S/C20H20FN5O/c1-3-22-20-23-13(2)12-18(26-20)24-14-8-10-15(11-9-14)25-19(27)16-6-4-5-7-17(16)21/h4-12H,3H2,1-2H3,(H,25,27)(H2,22,23,24,26). The molecule has 3 aromatic rings. The summed E-state index contributed by atoms with van der Waals surface area (Å²) in [6.45, 7) is 4.61. The predicted molar refractivity (Wildman–Crippen MR) is 105 cm³/mol. The van der Waals surface area contributed by atoms with E-state index in [9.17, 15) is 9.18 Å². The summed E-state index contributed by atoms with van der Waals surface area (Å²) < 4.78 is 13.7. The molecule has 0 atom stereocenters. The number of aromatic nitrogens is 2. The molecule has 1 aromatic heterocycles. The van der Waals surface area contributed by atoms with Crippen molar-refractivity contribution in [1.29, 1.82) is 0 Å². The van der Waals surface area contributed by atoms with Crippen LogP contribution < -0.4 is 16.0 Å². The first-order valence-corrected chi connectivity index (χ1v) is 8.57. The van der Waals surface area contributed by atoms with Gasteiger partial charge in [-0.25, -0.2) is 9.37 Å². The highest BCUT2D eigenvalue weighted by Crippen LogP contribution is 2.20. The molecule has 0 radical (unpaired) electrons. The van der Waals surface area contributed by atoms with Crippen LogP contribution in [0.2, 0.25) is 0 Å². The van der Waals surface area contributed by atoms with E-state index in [1.807, 2.05) is 19.9 Å². The molecule has 0 fully saturated rings. The van der Waals surface area contributed by atoms with E-state index in [4.69, 9.17) is 0 Å². The van der Waals surface area contributed by atoms with Crippen LogP contribution in [0.1, 0.15) is 23.0 Å². The van der Waals surface area contributed by atoms with Crippen LogP contribution in [0.15, 0.2) is 54.6 Å². The highest BCUT2D eigenvalue weighted by Gasteiger charge is 2.11. The van der Waals surface area contributed by atoms with Crippen molar-refractivity contribution >= 4 is 29.0 Å². The van der Waals surface area contributed by atoms with E-state index in [0.717, 1.165) is 17.9 Å². The molecule has 27 heavy (non-hydrogen) atoms. The number of nitrogens with zero attached hydrogens (tertiary/aromatic N) is 2. The molecule has 0 saturated carbocycles. The van der Waals surface area contributed by atoms with Crippen LogP contribution in [0.5, 0.6) is 0 Å². The summed E-state index contributed by atoms with van der Waals surface area (Å²) in [5.74, 6) is 0.190. The van der Waals surface area contributed by atoms with Gasteiger partial charge in [0, 0.05) is 29.7 Å². The third kappa shape index (κ3) is 4.78. The van der Waals surface area contributed by atoms with Gasteiger partial charge in [-0.3, -0.25) is 4.79 Å². The molecular formula is C20H20FN5O. The van der Waals surface area contributed by atoms with Crippen LogP contribution in [-0.2, 0) is 0 Å². The van der Waals surface area contributed by atoms with E-state index >= 15 is 0 Å². The smallest absolute Gasteiger partial charge is 0.258 e. The fourth-order valence-electron chi connectivity index (χ4n) is 2.50. The van der Waals surface area contributed by atoms with E-state index < -0.39 is 11.7 Å². The minimum atomic E-state index is -0.552. The lowest BCUT2D eigenvalue weighted by Crippen LogP contribution is -2.13. The van der Waals surface area contributed by atoms with Crippen LogP contribution in [0.3, 0.4) is 0 Å². The summed E-state index contributed by atoms with van der Waals surface area (Å²) in [6.07, 6.45) is 0. The van der Waals surface area contributed by atoms with Gasteiger partial charge in [0.2, 0.25) is 5.95 Å². The number of anilines is 4. The SMILES string of the molecule is CCNc1nc(C)cc(Nc2ccc(NC(=O)c3ccccc3F)cc2)n1. The number of carbonyl (C=O) groups excluding carboxylic acids is 1. The molecule has 3 N–H and O–H groups in total. The summed E-state index contributed by atoms with van der Waals surface area (Å²) in [6, 6.07) is 14.8. The van der Waals surface area contributed by atoms with E-state index in [1.54, 1.807) is 36.4 Å². The molecule has 3 rings (SSSR count). The molecule has 0 bridgehead atoms. The van der Waals surface area contributed by atoms with Crippen molar-refractivity contribution in [2.24, 2.45) is 0 Å². The second-order valence-electron chi connectivity index (χ2n) is 5.88. The van der Waals surface area contributed by atoms with Gasteiger partial charge in [-0.15, -0.1) is 0 Å². The van der Waals surface area contributed by atoms with Gasteiger partial charge in [-0.2, -0.15) is 4.98 Å². The van der Waals surface area contributed by atoms with Crippen molar-refractivity contribution in [2.45, 2.75) is 13.8 Å². The monoisotopic (exact) mass is 365 g/mol. The van der Waals surface area contributed by atoms with E-state index in [1.165, 1.54) is 12.1 Å². The maximum Gasteiger partial charge on any atom is 0.258 e. The van der Waals surface area contributed by atoms with Gasteiger partial charge in [0.25, 0.3) is 5.91 Å². The van der Waals surface area contributed by atoms with E-state index in [0.29, 0.717) is 17.5 Å². The average molecular weight is 365 g/mol. The molecule has 0 aliphatic heterocycles. The first-order valence-electron chi connectivity index (χ1n) is 8.57. The lowest BCUT2D eigenvalue weighted by atomic mass is 10.2. The second kappa shape index (κ2) is 8.27. The minimum absolute atomic E-state index is 0.00659. The van der Waals surface area contributed by atoms with Gasteiger partial charge in [-0.05, 0) is 50.2 Å². The van der Waals surface area contributed by atoms with Gasteiger partial charge in [0.05, 0.1) is 5.56 Å². The zero-order valence-electron chi connectivity index (χ0n) is 15.1. The summed E-state index contributed by atoms with van der Waals surface area (Å²) in [5, 5.41) is 8.97. The predicted octanol–water partition coefficient (Wildman–Crippen LogP) is 4.35. The van der Waals surface area contributed by atoms with Gasteiger partial charge in [-0.1, -0.05) is 12.1 Å². The molecule has 0 aliphatic rings. The van der Waals surface area contributed by atoms with Crippen molar-refractivity contribution in [3.05, 3.63) is 71.7 Å². The van der Waals surface area contributed by atoms with Crippen molar-refractivity contribution in [1.82, 2.24) is 9.97 Å². The molecule has 0 spiro atoms. The van der Waals surface area contributed by atoms with Crippen LogP contribution >= 0.6 is 0 Å². The zero-order chi connectivity index (χ0) is 19.2. The molecule has 0 unspecified atom stereocenters. The lowest BCUT2D eigenvalue weighted by Gasteiger charge is -2.10. The average Bonchev–Trinajstić information content (AvgIpc) is 2.63. The number of aryl methyl sites for hydroxylation is 1. The van der Waals surface area contributed by atoms with Crippen LogP contribution in [0.25, 0.3) is 0 Å². The number of benzene rings is 2. The topological polar surface area (TPSA) is 78.9 Å². The first kappa shape index (κ1) is 18.3. The van der Waals surface area contributed by atoms with Crippen LogP contribution in [0, 0.1) is 12.7 Å². The first-order chi connectivity index (χ1) is 13.0. The highest BCUT2D eigenvalue weighted by molar-refractivity contribution is 6.04. The number of rotatable bonds is 6. The Morgan fingerprint density at radius 2 is 1.74 bits per heavy atom. The maximum atomic E-state index is 13.7. The summed E-state index contributed by atoms with van der Waals surface area (Å²) in [4.78, 5) is 20.9. The quantitative estimate of drug-likeness (QED) is 0.605. The number of nitrogens with one attached hydrogen (secondary N) is 3. The fourth-order valence-corrected chi connectivity index (χ4v) is 2.50. The molecule has 6 nitrogen and oxygen atoms in total. The lowest BCUT2D eigenvalue weighted by molar-refractivity contribution is 0.102. The van der Waals surface area contributed by atoms with Crippen molar-refractivity contribution < 1.29 is 9.18 Å².